The van der Waals surface area contributed by atoms with E-state index in [1.807, 2.05) is 55.5 Å². The predicted octanol–water partition coefficient (Wildman–Crippen LogP) is 6.81. The maximum absolute atomic E-state index is 11.4. The third-order valence-electron chi connectivity index (χ3n) is 5.17. The summed E-state index contributed by atoms with van der Waals surface area (Å²) in [7, 11) is 0. The van der Waals surface area contributed by atoms with Gasteiger partial charge in [0.15, 0.2) is 0 Å². The molecule has 0 unspecified atom stereocenters. The van der Waals surface area contributed by atoms with Gasteiger partial charge in [-0.15, -0.1) is 0 Å². The van der Waals surface area contributed by atoms with Crippen molar-refractivity contribution in [2.24, 2.45) is 0 Å². The second-order valence-corrected chi connectivity index (χ2v) is 7.67. The molecule has 0 radical (unpaired) electrons. The third-order valence-corrected chi connectivity index (χ3v) is 5.40. The van der Waals surface area contributed by atoms with E-state index < -0.39 is 5.97 Å². The minimum absolute atomic E-state index is 0.0572. The minimum Gasteiger partial charge on any atom is -0.481 e. The highest BCUT2D eigenvalue weighted by Gasteiger charge is 2.25. The monoisotopic (exact) mass is 427 g/mol. The van der Waals surface area contributed by atoms with Crippen molar-refractivity contribution in [3.63, 3.8) is 0 Å². The molecular formula is C26H18ClNO3. The van der Waals surface area contributed by atoms with Crippen LogP contribution in [0.15, 0.2) is 72.3 Å². The zero-order valence-corrected chi connectivity index (χ0v) is 17.5. The number of hydrogen-bond acceptors (Lipinski definition) is 3. The molecule has 152 valence electrons. The summed E-state index contributed by atoms with van der Waals surface area (Å²) in [6, 6.07) is 22.2. The molecule has 0 amide bonds. The van der Waals surface area contributed by atoms with E-state index in [2.05, 4.69) is 6.07 Å². The first kappa shape index (κ1) is 20.5. The average Bonchev–Trinajstić information content (AvgIpc) is 2.99. The highest BCUT2D eigenvalue weighted by atomic mass is 35.5. The average molecular weight is 428 g/mol. The third kappa shape index (κ3) is 4.37. The molecular weight excluding hydrogens is 410 g/mol. The Morgan fingerprint density at radius 2 is 1.84 bits per heavy atom. The predicted molar refractivity (Wildman–Crippen MR) is 122 cm³/mol. The Morgan fingerprint density at radius 3 is 2.55 bits per heavy atom. The lowest BCUT2D eigenvalue weighted by Crippen LogP contribution is -1.96. The van der Waals surface area contributed by atoms with Gasteiger partial charge >= 0.3 is 5.97 Å². The molecule has 0 spiro atoms. The number of allylic oxidation sites excluding steroid dienone is 2. The molecule has 0 aliphatic heterocycles. The molecule has 1 N–H and O–H groups in total. The first-order valence-electron chi connectivity index (χ1n) is 9.66. The van der Waals surface area contributed by atoms with E-state index in [0.717, 1.165) is 33.4 Å². The van der Waals surface area contributed by atoms with Crippen LogP contribution in [0.2, 0.25) is 5.02 Å². The van der Waals surface area contributed by atoms with Crippen LogP contribution in [-0.2, 0) is 4.79 Å². The van der Waals surface area contributed by atoms with Crippen molar-refractivity contribution in [3.8, 4) is 17.6 Å². The molecule has 5 heteroatoms. The van der Waals surface area contributed by atoms with Gasteiger partial charge in [0.25, 0.3) is 0 Å². The van der Waals surface area contributed by atoms with Crippen LogP contribution in [0.4, 0.5) is 0 Å². The van der Waals surface area contributed by atoms with Crippen LogP contribution >= 0.6 is 11.6 Å². The number of aliphatic carboxylic acids is 1. The van der Waals surface area contributed by atoms with Gasteiger partial charge in [0.2, 0.25) is 0 Å². The number of nitrogens with zero attached hydrogens (tertiary/aromatic N) is 1. The first-order valence-corrected chi connectivity index (χ1v) is 10.0. The smallest absolute Gasteiger partial charge is 0.307 e. The summed E-state index contributed by atoms with van der Waals surface area (Å²) in [5, 5.41) is 18.9. The maximum atomic E-state index is 11.4. The van der Waals surface area contributed by atoms with E-state index in [-0.39, 0.29) is 6.42 Å². The summed E-state index contributed by atoms with van der Waals surface area (Å²) in [5.41, 5.74) is 6.01. The molecule has 31 heavy (non-hydrogen) atoms. The van der Waals surface area contributed by atoms with Crippen molar-refractivity contribution in [3.05, 3.63) is 99.6 Å². The molecule has 0 heterocycles. The summed E-state index contributed by atoms with van der Waals surface area (Å²) in [6.45, 7) is 1.94. The van der Waals surface area contributed by atoms with E-state index in [0.29, 0.717) is 22.1 Å². The van der Waals surface area contributed by atoms with Gasteiger partial charge in [0.05, 0.1) is 18.1 Å². The Bertz CT molecular complexity index is 1280. The largest absolute Gasteiger partial charge is 0.481 e. The molecule has 0 fully saturated rings. The van der Waals surface area contributed by atoms with E-state index in [1.54, 1.807) is 24.3 Å². The van der Waals surface area contributed by atoms with Gasteiger partial charge in [-0.05, 0) is 94.9 Å². The first-order chi connectivity index (χ1) is 14.9. The van der Waals surface area contributed by atoms with Crippen molar-refractivity contribution < 1.29 is 14.6 Å². The minimum atomic E-state index is -0.876. The van der Waals surface area contributed by atoms with Crippen LogP contribution < -0.4 is 4.74 Å². The Hall–Kier alpha value is -3.81. The standard InChI is InChI=1S/C26H18ClNO3/c1-16-23(22-10-7-19(27)13-25(22)24(16)14-26(29)30)12-18-3-2-4-21(11-18)31-20-8-5-17(15-28)6-9-20/h2-13H,14H2,1H3,(H,29,30)/b23-12-. The fraction of sp³-hybridized carbons (Fsp3) is 0.0769. The van der Waals surface area contributed by atoms with E-state index in [9.17, 15) is 9.90 Å². The zero-order chi connectivity index (χ0) is 22.0. The van der Waals surface area contributed by atoms with Crippen molar-refractivity contribution in [1.29, 1.82) is 5.26 Å². The second-order valence-electron chi connectivity index (χ2n) is 7.23. The summed E-state index contributed by atoms with van der Waals surface area (Å²) < 4.78 is 5.92. The van der Waals surface area contributed by atoms with Crippen LogP contribution in [-0.4, -0.2) is 11.1 Å². The lowest BCUT2D eigenvalue weighted by molar-refractivity contribution is -0.135. The Balaban J connectivity index is 1.69. The molecule has 0 bridgehead atoms. The number of ether oxygens (including phenoxy) is 1. The molecule has 0 aromatic heterocycles. The molecule has 4 nitrogen and oxygen atoms in total. The SMILES string of the molecule is CC1=C(CC(=O)O)c2cc(Cl)ccc2/C1=C\c1cccc(Oc2ccc(C#N)cc2)c1. The van der Waals surface area contributed by atoms with Crippen LogP contribution in [0.1, 0.15) is 35.6 Å². The van der Waals surface area contributed by atoms with E-state index in [1.165, 1.54) is 0 Å². The molecule has 0 atom stereocenters. The van der Waals surface area contributed by atoms with Crippen LogP contribution in [0, 0.1) is 11.3 Å². The Morgan fingerprint density at radius 1 is 1.06 bits per heavy atom. The lowest BCUT2D eigenvalue weighted by atomic mass is 10.0. The van der Waals surface area contributed by atoms with Crippen molar-refractivity contribution in [1.82, 2.24) is 0 Å². The van der Waals surface area contributed by atoms with Crippen molar-refractivity contribution in [2.75, 3.05) is 0 Å². The lowest BCUT2D eigenvalue weighted by Gasteiger charge is -2.08. The molecule has 3 aromatic carbocycles. The number of benzene rings is 3. The topological polar surface area (TPSA) is 70.3 Å². The number of rotatable bonds is 5. The van der Waals surface area contributed by atoms with Gasteiger partial charge in [-0.3, -0.25) is 4.79 Å². The second kappa shape index (κ2) is 8.51. The number of carbonyl (C=O) groups is 1. The molecule has 4 rings (SSSR count). The number of halogens is 1. The van der Waals surface area contributed by atoms with Gasteiger partial charge in [-0.25, -0.2) is 0 Å². The summed E-state index contributed by atoms with van der Waals surface area (Å²) in [4.78, 5) is 11.4. The van der Waals surface area contributed by atoms with Crippen LogP contribution in [0.3, 0.4) is 0 Å². The highest BCUT2D eigenvalue weighted by Crippen LogP contribution is 2.44. The van der Waals surface area contributed by atoms with Crippen LogP contribution in [0.5, 0.6) is 11.5 Å². The molecule has 0 saturated carbocycles. The molecule has 1 aliphatic carbocycles. The highest BCUT2D eigenvalue weighted by molar-refractivity contribution is 6.31. The molecule has 0 saturated heterocycles. The quantitative estimate of drug-likeness (QED) is 0.485. The molecule has 1 aliphatic rings. The maximum Gasteiger partial charge on any atom is 0.307 e. The number of fused-ring (bicyclic) bond motifs is 1. The van der Waals surface area contributed by atoms with Crippen molar-refractivity contribution in [2.45, 2.75) is 13.3 Å². The zero-order valence-electron chi connectivity index (χ0n) is 16.7. The number of carboxylic acids is 1. The fourth-order valence-electron chi connectivity index (χ4n) is 3.70. The summed E-state index contributed by atoms with van der Waals surface area (Å²) >= 11 is 6.17. The van der Waals surface area contributed by atoms with E-state index >= 15 is 0 Å². The van der Waals surface area contributed by atoms with E-state index in [4.69, 9.17) is 21.6 Å². The number of carboxylic acid groups (broad SMARTS) is 1. The number of nitriles is 1. The Kier molecular flexibility index (Phi) is 5.62. The fourth-order valence-corrected chi connectivity index (χ4v) is 3.87. The van der Waals surface area contributed by atoms with Crippen LogP contribution in [0.25, 0.3) is 17.2 Å². The van der Waals surface area contributed by atoms with Gasteiger partial charge in [-0.2, -0.15) is 5.26 Å². The Labute approximate surface area is 185 Å². The van der Waals surface area contributed by atoms with Gasteiger partial charge in [0.1, 0.15) is 11.5 Å². The van der Waals surface area contributed by atoms with Gasteiger partial charge < -0.3 is 9.84 Å². The summed E-state index contributed by atoms with van der Waals surface area (Å²) in [6.07, 6.45) is 1.97. The summed E-state index contributed by atoms with van der Waals surface area (Å²) in [5.74, 6) is 0.435. The van der Waals surface area contributed by atoms with Gasteiger partial charge in [-0.1, -0.05) is 29.8 Å². The normalized spacial score (nSPS) is 13.8. The van der Waals surface area contributed by atoms with Gasteiger partial charge in [0, 0.05) is 5.02 Å². The van der Waals surface area contributed by atoms with Crippen molar-refractivity contribution >= 4 is 34.8 Å². The number of hydrogen-bond donors (Lipinski definition) is 1. The molecule has 3 aromatic rings.